The SMILES string of the molecule is O=S1(=O)N=C(N(CCO)/N=C\c2ccc3c(c2)OCO3)c2ccccc21. The fraction of sp³-hybridized carbons (Fsp3) is 0.176. The van der Waals surface area contributed by atoms with Gasteiger partial charge in [0.1, 0.15) is 4.90 Å². The van der Waals surface area contributed by atoms with Crippen molar-refractivity contribution in [2.75, 3.05) is 19.9 Å². The number of amidine groups is 1. The summed E-state index contributed by atoms with van der Waals surface area (Å²) < 4.78 is 38.8. The van der Waals surface area contributed by atoms with Crippen molar-refractivity contribution in [3.05, 3.63) is 53.6 Å². The van der Waals surface area contributed by atoms with Crippen molar-refractivity contribution < 1.29 is 23.0 Å². The molecule has 2 aromatic carbocycles. The van der Waals surface area contributed by atoms with Crippen LogP contribution in [0.2, 0.25) is 0 Å². The van der Waals surface area contributed by atoms with Gasteiger partial charge in [-0.1, -0.05) is 12.1 Å². The highest BCUT2D eigenvalue weighted by molar-refractivity contribution is 7.90. The van der Waals surface area contributed by atoms with Crippen molar-refractivity contribution >= 4 is 22.1 Å². The summed E-state index contributed by atoms with van der Waals surface area (Å²) in [5, 5.41) is 15.0. The number of hydrogen-bond donors (Lipinski definition) is 1. The third kappa shape index (κ3) is 2.91. The number of nitrogens with zero attached hydrogens (tertiary/aromatic N) is 3. The number of rotatable bonds is 4. The molecule has 134 valence electrons. The molecule has 0 saturated carbocycles. The molecule has 1 N–H and O–H groups in total. The Kier molecular flexibility index (Phi) is 4.09. The average Bonchev–Trinajstić information content (AvgIpc) is 3.21. The molecule has 2 aliphatic rings. The number of aliphatic hydroxyl groups is 1. The van der Waals surface area contributed by atoms with Gasteiger partial charge in [0.15, 0.2) is 17.3 Å². The van der Waals surface area contributed by atoms with Crippen LogP contribution in [0.15, 0.2) is 56.9 Å². The molecule has 0 unspecified atom stereocenters. The molecule has 4 rings (SSSR count). The van der Waals surface area contributed by atoms with Gasteiger partial charge in [0, 0.05) is 5.56 Å². The lowest BCUT2D eigenvalue weighted by Crippen LogP contribution is -2.28. The largest absolute Gasteiger partial charge is 0.454 e. The molecular formula is C17H15N3O5S. The van der Waals surface area contributed by atoms with Crippen LogP contribution < -0.4 is 9.47 Å². The summed E-state index contributed by atoms with van der Waals surface area (Å²) in [6.07, 6.45) is 1.55. The molecule has 0 aliphatic carbocycles. The summed E-state index contributed by atoms with van der Waals surface area (Å²) in [6.45, 7) is 0.0709. The van der Waals surface area contributed by atoms with Gasteiger partial charge in [-0.2, -0.15) is 13.5 Å². The molecule has 0 fully saturated rings. The van der Waals surface area contributed by atoms with Gasteiger partial charge in [-0.05, 0) is 35.9 Å². The average molecular weight is 373 g/mol. The maximum Gasteiger partial charge on any atom is 0.285 e. The van der Waals surface area contributed by atoms with E-state index in [1.54, 1.807) is 42.6 Å². The van der Waals surface area contributed by atoms with E-state index in [0.717, 1.165) is 5.56 Å². The lowest BCUT2D eigenvalue weighted by Gasteiger charge is -2.17. The fourth-order valence-corrected chi connectivity index (χ4v) is 3.92. The predicted octanol–water partition coefficient (Wildman–Crippen LogP) is 1.19. The third-order valence-electron chi connectivity index (χ3n) is 3.91. The Hall–Kier alpha value is -2.91. The molecule has 8 nitrogen and oxygen atoms in total. The Balaban J connectivity index is 1.67. The number of hydrazone groups is 1. The van der Waals surface area contributed by atoms with Gasteiger partial charge in [0.05, 0.1) is 19.4 Å². The van der Waals surface area contributed by atoms with Crippen molar-refractivity contribution in [2.45, 2.75) is 4.90 Å². The van der Waals surface area contributed by atoms with Gasteiger partial charge in [0.25, 0.3) is 10.0 Å². The Morgan fingerprint density at radius 3 is 2.85 bits per heavy atom. The van der Waals surface area contributed by atoms with Gasteiger partial charge in [-0.15, -0.1) is 4.40 Å². The first kappa shape index (κ1) is 16.6. The van der Waals surface area contributed by atoms with E-state index in [4.69, 9.17) is 9.47 Å². The number of benzene rings is 2. The van der Waals surface area contributed by atoms with Crippen LogP contribution >= 0.6 is 0 Å². The predicted molar refractivity (Wildman–Crippen MR) is 94.1 cm³/mol. The van der Waals surface area contributed by atoms with Gasteiger partial charge in [0.2, 0.25) is 6.79 Å². The molecule has 0 saturated heterocycles. The standard InChI is InChI=1S/C17H15N3O5S/c21-8-7-20(17-13-3-1-2-4-16(13)26(22,23)19-17)18-10-12-5-6-14-15(9-12)25-11-24-14/h1-6,9-10,21H,7-8,11H2/b18-10-. The van der Waals surface area contributed by atoms with Gasteiger partial charge in [-0.25, -0.2) is 5.01 Å². The molecule has 2 heterocycles. The van der Waals surface area contributed by atoms with Crippen LogP contribution in [0.1, 0.15) is 11.1 Å². The van der Waals surface area contributed by atoms with Crippen molar-refractivity contribution in [1.82, 2.24) is 5.01 Å². The second kappa shape index (κ2) is 6.43. The van der Waals surface area contributed by atoms with E-state index in [-0.39, 0.29) is 30.7 Å². The van der Waals surface area contributed by atoms with Crippen LogP contribution in [0.3, 0.4) is 0 Å². The Morgan fingerprint density at radius 2 is 2.00 bits per heavy atom. The first-order valence-electron chi connectivity index (χ1n) is 7.85. The van der Waals surface area contributed by atoms with Gasteiger partial charge < -0.3 is 14.6 Å². The fourth-order valence-electron chi connectivity index (χ4n) is 2.72. The second-order valence-corrected chi connectivity index (χ2v) is 7.16. The Labute approximate surface area is 150 Å². The minimum atomic E-state index is -3.75. The summed E-state index contributed by atoms with van der Waals surface area (Å²) >= 11 is 0. The lowest BCUT2D eigenvalue weighted by atomic mass is 10.2. The van der Waals surface area contributed by atoms with E-state index in [1.807, 2.05) is 0 Å². The van der Waals surface area contributed by atoms with Crippen LogP contribution in [0.5, 0.6) is 11.5 Å². The second-order valence-electron chi connectivity index (χ2n) is 5.59. The summed E-state index contributed by atoms with van der Waals surface area (Å²) in [6, 6.07) is 11.9. The highest BCUT2D eigenvalue weighted by Crippen LogP contribution is 2.32. The van der Waals surface area contributed by atoms with Crippen molar-refractivity contribution in [2.24, 2.45) is 9.50 Å². The molecule has 0 radical (unpaired) electrons. The lowest BCUT2D eigenvalue weighted by molar-refractivity contribution is 0.174. The maximum absolute atomic E-state index is 12.2. The molecule has 0 atom stereocenters. The molecule has 0 bridgehead atoms. The Bertz CT molecular complexity index is 1020. The summed E-state index contributed by atoms with van der Waals surface area (Å²) in [4.78, 5) is 0.135. The molecule has 0 spiro atoms. The van der Waals surface area contributed by atoms with Crippen molar-refractivity contribution in [3.8, 4) is 11.5 Å². The monoisotopic (exact) mass is 373 g/mol. The smallest absolute Gasteiger partial charge is 0.285 e. The number of fused-ring (bicyclic) bond motifs is 2. The summed E-state index contributed by atoms with van der Waals surface area (Å²) in [5.41, 5.74) is 1.20. The zero-order valence-electron chi connectivity index (χ0n) is 13.6. The van der Waals surface area contributed by atoms with Crippen LogP contribution in [-0.2, 0) is 10.0 Å². The molecule has 2 aromatic rings. The first-order valence-corrected chi connectivity index (χ1v) is 9.29. The van der Waals surface area contributed by atoms with E-state index in [9.17, 15) is 13.5 Å². The van der Waals surface area contributed by atoms with E-state index < -0.39 is 10.0 Å². The molecular weight excluding hydrogens is 358 g/mol. The summed E-state index contributed by atoms with van der Waals surface area (Å²) in [5.74, 6) is 1.47. The van der Waals surface area contributed by atoms with E-state index in [0.29, 0.717) is 17.1 Å². The topological polar surface area (TPSA) is 101 Å². The summed E-state index contributed by atoms with van der Waals surface area (Å²) in [7, 11) is -3.75. The number of ether oxygens (including phenoxy) is 2. The molecule has 9 heteroatoms. The maximum atomic E-state index is 12.2. The normalized spacial score (nSPS) is 16.6. The Morgan fingerprint density at radius 1 is 1.19 bits per heavy atom. The minimum absolute atomic E-state index is 0.101. The van der Waals surface area contributed by atoms with E-state index >= 15 is 0 Å². The molecule has 0 amide bonds. The van der Waals surface area contributed by atoms with Crippen LogP contribution in [0.25, 0.3) is 0 Å². The highest BCUT2D eigenvalue weighted by atomic mass is 32.2. The highest BCUT2D eigenvalue weighted by Gasteiger charge is 2.31. The first-order chi connectivity index (χ1) is 12.6. The number of hydrogen-bond acceptors (Lipinski definition) is 7. The quantitative estimate of drug-likeness (QED) is 0.638. The van der Waals surface area contributed by atoms with Crippen molar-refractivity contribution in [1.29, 1.82) is 0 Å². The zero-order chi connectivity index (χ0) is 18.1. The zero-order valence-corrected chi connectivity index (χ0v) is 14.4. The van der Waals surface area contributed by atoms with E-state index in [1.165, 1.54) is 11.1 Å². The molecule has 2 aliphatic heterocycles. The third-order valence-corrected chi connectivity index (χ3v) is 5.24. The van der Waals surface area contributed by atoms with E-state index in [2.05, 4.69) is 9.50 Å². The van der Waals surface area contributed by atoms with Crippen molar-refractivity contribution in [3.63, 3.8) is 0 Å². The van der Waals surface area contributed by atoms with Gasteiger partial charge >= 0.3 is 0 Å². The van der Waals surface area contributed by atoms with Crippen LogP contribution in [0, 0.1) is 0 Å². The number of aliphatic hydroxyl groups excluding tert-OH is 1. The van der Waals surface area contributed by atoms with Crippen LogP contribution in [-0.4, -0.2) is 50.5 Å². The van der Waals surface area contributed by atoms with Gasteiger partial charge in [-0.3, -0.25) is 0 Å². The minimum Gasteiger partial charge on any atom is -0.454 e. The molecule has 26 heavy (non-hydrogen) atoms. The van der Waals surface area contributed by atoms with Crippen LogP contribution in [0.4, 0.5) is 0 Å². The number of sulfonamides is 1. The molecule has 0 aromatic heterocycles.